The third-order valence-corrected chi connectivity index (χ3v) is 4.21. The highest BCUT2D eigenvalue weighted by atomic mass is 32.1. The van der Waals surface area contributed by atoms with Crippen LogP contribution in [0.4, 0.5) is 0 Å². The van der Waals surface area contributed by atoms with Crippen molar-refractivity contribution in [3.8, 4) is 6.07 Å². The Morgan fingerprint density at radius 1 is 1.56 bits per heavy atom. The maximum atomic E-state index is 9.39. The van der Waals surface area contributed by atoms with Crippen LogP contribution in [-0.2, 0) is 13.0 Å². The second-order valence-corrected chi connectivity index (χ2v) is 5.23. The zero-order valence-corrected chi connectivity index (χ0v) is 11.1. The molecule has 1 unspecified atom stereocenters. The first-order valence-electron chi connectivity index (χ1n) is 5.94. The molecule has 1 aliphatic heterocycles. The molecule has 0 spiro atoms. The van der Waals surface area contributed by atoms with Crippen molar-refractivity contribution in [2.24, 2.45) is 0 Å². The van der Waals surface area contributed by atoms with Crippen LogP contribution >= 0.6 is 11.3 Å². The number of hydrogen-bond acceptors (Lipinski definition) is 3. The number of rotatable bonds is 4. The van der Waals surface area contributed by atoms with Gasteiger partial charge in [-0.2, -0.15) is 5.26 Å². The van der Waals surface area contributed by atoms with Gasteiger partial charge in [-0.15, -0.1) is 11.3 Å². The molecule has 1 aliphatic rings. The van der Waals surface area contributed by atoms with Gasteiger partial charge >= 0.3 is 0 Å². The predicted molar refractivity (Wildman–Crippen MR) is 76.3 cm³/mol. The van der Waals surface area contributed by atoms with Crippen molar-refractivity contribution in [2.75, 3.05) is 6.54 Å². The molecular formula is C15H16N2S. The van der Waals surface area contributed by atoms with E-state index in [1.807, 2.05) is 17.4 Å². The normalized spacial score (nSPS) is 17.6. The zero-order valence-electron chi connectivity index (χ0n) is 10.3. The van der Waals surface area contributed by atoms with Crippen molar-refractivity contribution in [1.82, 2.24) is 4.90 Å². The minimum atomic E-state index is -0.228. The molecule has 0 bridgehead atoms. The third-order valence-electron chi connectivity index (χ3n) is 3.19. The second kappa shape index (κ2) is 5.81. The molecular weight excluding hydrogens is 240 g/mol. The van der Waals surface area contributed by atoms with E-state index in [0.717, 1.165) is 25.1 Å². The van der Waals surface area contributed by atoms with Gasteiger partial charge in [0, 0.05) is 18.0 Å². The molecule has 0 aromatic carbocycles. The maximum absolute atomic E-state index is 9.39. The lowest BCUT2D eigenvalue weighted by atomic mass is 10.0. The molecule has 2 rings (SSSR count). The van der Waals surface area contributed by atoms with E-state index in [0.29, 0.717) is 0 Å². The van der Waals surface area contributed by atoms with Crippen molar-refractivity contribution < 1.29 is 0 Å². The van der Waals surface area contributed by atoms with Gasteiger partial charge in [0.15, 0.2) is 0 Å². The van der Waals surface area contributed by atoms with Gasteiger partial charge in [0.2, 0.25) is 0 Å². The van der Waals surface area contributed by atoms with Crippen molar-refractivity contribution in [3.63, 3.8) is 0 Å². The molecule has 18 heavy (non-hydrogen) atoms. The van der Waals surface area contributed by atoms with Crippen LogP contribution < -0.4 is 0 Å². The molecule has 2 nitrogen and oxygen atoms in total. The monoisotopic (exact) mass is 256 g/mol. The molecule has 0 radical (unpaired) electrons. The van der Waals surface area contributed by atoms with Crippen LogP contribution in [0.1, 0.15) is 10.4 Å². The summed E-state index contributed by atoms with van der Waals surface area (Å²) in [5.41, 5.74) is 2.28. The van der Waals surface area contributed by atoms with Crippen molar-refractivity contribution in [3.05, 3.63) is 58.8 Å². The minimum absolute atomic E-state index is 0.228. The molecule has 0 fully saturated rings. The van der Waals surface area contributed by atoms with E-state index in [4.69, 9.17) is 0 Å². The largest absolute Gasteiger partial charge is 0.280 e. The van der Waals surface area contributed by atoms with Crippen molar-refractivity contribution in [1.29, 1.82) is 5.26 Å². The van der Waals surface area contributed by atoms with Crippen LogP contribution in [0.25, 0.3) is 0 Å². The molecule has 0 saturated carbocycles. The number of nitriles is 1. The molecule has 0 aliphatic carbocycles. The smallest absolute Gasteiger partial charge is 0.124 e. The SMILES string of the molecule is C=C/C=C(\C=C)C(C#N)N1CCc2sccc2C1. The highest BCUT2D eigenvalue weighted by Crippen LogP contribution is 2.26. The number of fused-ring (bicyclic) bond motifs is 1. The molecule has 2 heterocycles. The van der Waals surface area contributed by atoms with Gasteiger partial charge in [0.1, 0.15) is 6.04 Å². The van der Waals surface area contributed by atoms with Gasteiger partial charge < -0.3 is 0 Å². The first kappa shape index (κ1) is 12.8. The fourth-order valence-electron chi connectivity index (χ4n) is 2.26. The van der Waals surface area contributed by atoms with Gasteiger partial charge in [-0.1, -0.05) is 31.4 Å². The molecule has 0 saturated heterocycles. The van der Waals surface area contributed by atoms with Crippen molar-refractivity contribution in [2.45, 2.75) is 19.0 Å². The topological polar surface area (TPSA) is 27.0 Å². The molecule has 1 atom stereocenters. The summed E-state index contributed by atoms with van der Waals surface area (Å²) in [6.45, 7) is 9.24. The summed E-state index contributed by atoms with van der Waals surface area (Å²) in [4.78, 5) is 3.65. The van der Waals surface area contributed by atoms with E-state index in [-0.39, 0.29) is 6.04 Å². The minimum Gasteiger partial charge on any atom is -0.280 e. The van der Waals surface area contributed by atoms with Crippen LogP contribution in [0, 0.1) is 11.3 Å². The van der Waals surface area contributed by atoms with Gasteiger partial charge in [-0.05, 0) is 29.0 Å². The second-order valence-electron chi connectivity index (χ2n) is 4.23. The lowest BCUT2D eigenvalue weighted by Crippen LogP contribution is -2.38. The Morgan fingerprint density at radius 3 is 3.06 bits per heavy atom. The van der Waals surface area contributed by atoms with Crippen LogP contribution in [0.3, 0.4) is 0 Å². The van der Waals surface area contributed by atoms with E-state index < -0.39 is 0 Å². The first-order chi connectivity index (χ1) is 8.80. The first-order valence-corrected chi connectivity index (χ1v) is 6.82. The highest BCUT2D eigenvalue weighted by molar-refractivity contribution is 7.10. The summed E-state index contributed by atoms with van der Waals surface area (Å²) in [7, 11) is 0. The number of allylic oxidation sites excluding steroid dienone is 2. The Labute approximate surface area is 112 Å². The third kappa shape index (κ3) is 2.45. The van der Waals surface area contributed by atoms with Crippen molar-refractivity contribution >= 4 is 11.3 Å². The summed E-state index contributed by atoms with van der Waals surface area (Å²) < 4.78 is 0. The Hall–Kier alpha value is -1.63. The average molecular weight is 256 g/mol. The Balaban J connectivity index is 2.21. The molecule has 3 heteroatoms. The van der Waals surface area contributed by atoms with Crippen LogP contribution in [0.5, 0.6) is 0 Å². The molecule has 92 valence electrons. The zero-order chi connectivity index (χ0) is 13.0. The standard InChI is InChI=1S/C15H16N2S/c1-3-5-12(4-2)14(10-16)17-8-6-15-13(11-17)7-9-18-15/h3-5,7,9,14H,1-2,6,8,11H2/b12-5+. The Kier molecular flexibility index (Phi) is 4.14. The fraction of sp³-hybridized carbons (Fsp3) is 0.267. The van der Waals surface area contributed by atoms with Gasteiger partial charge in [-0.3, -0.25) is 4.90 Å². The summed E-state index contributed by atoms with van der Waals surface area (Å²) >= 11 is 1.81. The fourth-order valence-corrected chi connectivity index (χ4v) is 3.15. The summed E-state index contributed by atoms with van der Waals surface area (Å²) in [6, 6.07) is 4.30. The van der Waals surface area contributed by atoms with Crippen LogP contribution in [-0.4, -0.2) is 17.5 Å². The summed E-state index contributed by atoms with van der Waals surface area (Å²) in [5, 5.41) is 11.5. The Morgan fingerprint density at radius 2 is 2.39 bits per heavy atom. The van der Waals surface area contributed by atoms with E-state index in [1.165, 1.54) is 10.4 Å². The number of nitrogens with zero attached hydrogens (tertiary/aromatic N) is 2. The van der Waals surface area contributed by atoms with Gasteiger partial charge in [0.05, 0.1) is 6.07 Å². The Bertz CT molecular complexity index is 519. The van der Waals surface area contributed by atoms with E-state index >= 15 is 0 Å². The van der Waals surface area contributed by atoms with E-state index in [9.17, 15) is 5.26 Å². The number of thiophene rings is 1. The van der Waals surface area contributed by atoms with E-state index in [1.54, 1.807) is 12.2 Å². The van der Waals surface area contributed by atoms with Gasteiger partial charge in [-0.25, -0.2) is 0 Å². The molecule has 1 aromatic heterocycles. The maximum Gasteiger partial charge on any atom is 0.124 e. The quantitative estimate of drug-likeness (QED) is 0.773. The molecule has 0 N–H and O–H groups in total. The lowest BCUT2D eigenvalue weighted by molar-refractivity contribution is 0.240. The average Bonchev–Trinajstić information content (AvgIpc) is 2.86. The van der Waals surface area contributed by atoms with E-state index in [2.05, 4.69) is 35.6 Å². The summed E-state index contributed by atoms with van der Waals surface area (Å²) in [5.74, 6) is 0. The molecule has 1 aromatic rings. The molecule has 0 amide bonds. The lowest BCUT2D eigenvalue weighted by Gasteiger charge is -2.31. The number of hydrogen-bond donors (Lipinski definition) is 0. The summed E-state index contributed by atoms with van der Waals surface area (Å²) in [6.07, 6.45) is 6.35. The van der Waals surface area contributed by atoms with Crippen LogP contribution in [0.15, 0.2) is 48.4 Å². The van der Waals surface area contributed by atoms with Gasteiger partial charge in [0.25, 0.3) is 0 Å². The van der Waals surface area contributed by atoms with Crippen LogP contribution in [0.2, 0.25) is 0 Å². The predicted octanol–water partition coefficient (Wildman–Crippen LogP) is 3.30. The highest BCUT2D eigenvalue weighted by Gasteiger charge is 2.25.